The Balaban J connectivity index is 4.86. The first-order chi connectivity index (χ1) is 34.2. The summed E-state index contributed by atoms with van der Waals surface area (Å²) >= 11 is 0. The van der Waals surface area contributed by atoms with Gasteiger partial charge in [0.05, 0.1) is 19.8 Å². The maximum atomic E-state index is 12.9. The summed E-state index contributed by atoms with van der Waals surface area (Å²) in [4.78, 5) is 48.4. The molecular weight excluding hydrogens is 904 g/mol. The molecule has 0 aliphatic rings. The number of phosphoric ester groups is 1. The van der Waals surface area contributed by atoms with Gasteiger partial charge in [0.25, 0.3) is 0 Å². The standard InChI is InChI=1S/C58H97O11P/c1-4-7-10-13-16-19-22-25-26-27-28-31-34-37-40-43-46-49-58(62)69-55(51-65-56(60)47-44-41-38-35-32-29-23-20-17-14-11-8-5-2)53-67-70(63,64)66-52-54(50-59)68-57(61)48-45-42-39-36-33-30-24-21-18-15-12-9-6-3/h7,9-10,12,16,18-19,21,25-26,28,30-31,33,37,40,54-55,59H,4-6,8,11,13-15,17,20,22-24,27,29,32,34-36,38-39,41-53H2,1-3H3,(H,63,64)/b10-7-,12-9-,19-16-,21-18-,26-25-,31-28-,33-30-,40-37-. The number of aliphatic hydroxyl groups is 1. The molecule has 0 bridgehead atoms. The van der Waals surface area contributed by atoms with Crippen molar-refractivity contribution in [3.8, 4) is 0 Å². The zero-order chi connectivity index (χ0) is 51.3. The third-order valence-corrected chi connectivity index (χ3v) is 12.0. The van der Waals surface area contributed by atoms with Gasteiger partial charge in [-0.05, 0) is 89.9 Å². The molecule has 0 radical (unpaired) electrons. The summed E-state index contributed by atoms with van der Waals surface area (Å²) in [5.41, 5.74) is 0. The minimum atomic E-state index is -4.77. The predicted octanol–water partition coefficient (Wildman–Crippen LogP) is 15.7. The van der Waals surface area contributed by atoms with Crippen molar-refractivity contribution >= 4 is 25.7 Å². The van der Waals surface area contributed by atoms with E-state index in [1.54, 1.807) is 0 Å². The lowest BCUT2D eigenvalue weighted by Gasteiger charge is -2.21. The van der Waals surface area contributed by atoms with Gasteiger partial charge in [0.2, 0.25) is 0 Å². The van der Waals surface area contributed by atoms with Crippen LogP contribution in [0.5, 0.6) is 0 Å². The van der Waals surface area contributed by atoms with Gasteiger partial charge in [-0.15, -0.1) is 0 Å². The third kappa shape index (κ3) is 49.4. The van der Waals surface area contributed by atoms with E-state index in [1.165, 1.54) is 57.8 Å². The second kappa shape index (κ2) is 51.7. The van der Waals surface area contributed by atoms with Crippen molar-refractivity contribution in [1.29, 1.82) is 0 Å². The van der Waals surface area contributed by atoms with Gasteiger partial charge in [-0.25, -0.2) is 4.57 Å². The van der Waals surface area contributed by atoms with Crippen LogP contribution in [0.2, 0.25) is 0 Å². The molecule has 0 rings (SSSR count). The van der Waals surface area contributed by atoms with E-state index in [9.17, 15) is 28.9 Å². The number of aliphatic hydroxyl groups excluding tert-OH is 1. The Morgan fingerprint density at radius 1 is 0.414 bits per heavy atom. The van der Waals surface area contributed by atoms with Gasteiger partial charge >= 0.3 is 25.7 Å². The van der Waals surface area contributed by atoms with Gasteiger partial charge in [0, 0.05) is 19.3 Å². The van der Waals surface area contributed by atoms with Crippen LogP contribution in [0.3, 0.4) is 0 Å². The van der Waals surface area contributed by atoms with Crippen molar-refractivity contribution in [2.24, 2.45) is 0 Å². The SMILES string of the molecule is CC/C=C\C/C=C\C/C=C\C/C=C\C/C=C\CCCC(=O)OC(COC(=O)CCCCCCCCCCCCCCC)COP(=O)(O)OCC(CO)OC(=O)CCCCC/C=C\C/C=C\C/C=C\CC. The molecule has 2 N–H and O–H groups in total. The number of hydrogen-bond donors (Lipinski definition) is 2. The highest BCUT2D eigenvalue weighted by Gasteiger charge is 2.28. The topological polar surface area (TPSA) is 155 Å². The summed E-state index contributed by atoms with van der Waals surface area (Å²) in [5, 5.41) is 9.78. The van der Waals surface area contributed by atoms with Crippen molar-refractivity contribution in [3.63, 3.8) is 0 Å². The van der Waals surface area contributed by atoms with Crippen LogP contribution in [0.1, 0.15) is 213 Å². The fourth-order valence-corrected chi connectivity index (χ4v) is 7.72. The van der Waals surface area contributed by atoms with Gasteiger partial charge in [0.1, 0.15) is 12.7 Å². The largest absolute Gasteiger partial charge is 0.472 e. The third-order valence-electron chi connectivity index (χ3n) is 11.0. The molecule has 0 aromatic heterocycles. The minimum absolute atomic E-state index is 0.0844. The summed E-state index contributed by atoms with van der Waals surface area (Å²) in [6.07, 6.45) is 59.5. The van der Waals surface area contributed by atoms with Crippen LogP contribution in [0, 0.1) is 0 Å². The quantitative estimate of drug-likeness (QED) is 0.0197. The Kier molecular flexibility index (Phi) is 49.1. The van der Waals surface area contributed by atoms with Crippen LogP contribution in [-0.4, -0.2) is 66.5 Å². The predicted molar refractivity (Wildman–Crippen MR) is 288 cm³/mol. The minimum Gasteiger partial charge on any atom is -0.462 e. The van der Waals surface area contributed by atoms with Crippen molar-refractivity contribution in [1.82, 2.24) is 0 Å². The Hall–Kier alpha value is -3.60. The highest BCUT2D eigenvalue weighted by atomic mass is 31.2. The number of carbonyl (C=O) groups is 3. The first-order valence-electron chi connectivity index (χ1n) is 27.1. The van der Waals surface area contributed by atoms with E-state index in [-0.39, 0.29) is 25.9 Å². The number of phosphoric acid groups is 1. The van der Waals surface area contributed by atoms with Crippen LogP contribution < -0.4 is 0 Å². The lowest BCUT2D eigenvalue weighted by atomic mass is 10.0. The molecule has 0 amide bonds. The fourth-order valence-electron chi connectivity index (χ4n) is 6.93. The molecular formula is C58H97O11P. The monoisotopic (exact) mass is 1000 g/mol. The van der Waals surface area contributed by atoms with Crippen molar-refractivity contribution in [2.45, 2.75) is 226 Å². The number of unbranched alkanes of at least 4 members (excludes halogenated alkanes) is 16. The number of carbonyl (C=O) groups excluding carboxylic acids is 3. The second-order valence-electron chi connectivity index (χ2n) is 17.6. The van der Waals surface area contributed by atoms with Crippen LogP contribution >= 0.6 is 7.82 Å². The molecule has 0 aromatic carbocycles. The van der Waals surface area contributed by atoms with Crippen molar-refractivity contribution in [2.75, 3.05) is 26.4 Å². The molecule has 70 heavy (non-hydrogen) atoms. The number of hydrogen-bond acceptors (Lipinski definition) is 10. The van der Waals surface area contributed by atoms with E-state index >= 15 is 0 Å². The molecule has 3 unspecified atom stereocenters. The molecule has 0 heterocycles. The smallest absolute Gasteiger partial charge is 0.462 e. The van der Waals surface area contributed by atoms with Crippen molar-refractivity contribution < 1.29 is 52.2 Å². The summed E-state index contributed by atoms with van der Waals surface area (Å²) in [6, 6.07) is 0. The van der Waals surface area contributed by atoms with Crippen LogP contribution in [0.25, 0.3) is 0 Å². The van der Waals surface area contributed by atoms with Crippen molar-refractivity contribution in [3.05, 3.63) is 97.2 Å². The molecule has 0 aliphatic heterocycles. The molecule has 400 valence electrons. The van der Waals surface area contributed by atoms with E-state index < -0.39 is 57.8 Å². The Morgan fingerprint density at radius 3 is 1.20 bits per heavy atom. The molecule has 0 aliphatic carbocycles. The highest BCUT2D eigenvalue weighted by Crippen LogP contribution is 2.43. The van der Waals surface area contributed by atoms with Crippen LogP contribution in [0.15, 0.2) is 97.2 Å². The lowest BCUT2D eigenvalue weighted by molar-refractivity contribution is -0.161. The van der Waals surface area contributed by atoms with Gasteiger partial charge in [-0.2, -0.15) is 0 Å². The van der Waals surface area contributed by atoms with E-state index in [2.05, 4.69) is 106 Å². The van der Waals surface area contributed by atoms with E-state index in [1.807, 2.05) is 12.2 Å². The molecule has 3 atom stereocenters. The molecule has 0 fully saturated rings. The fraction of sp³-hybridized carbons (Fsp3) is 0.672. The average Bonchev–Trinajstić information content (AvgIpc) is 3.35. The number of esters is 3. The molecule has 11 nitrogen and oxygen atoms in total. The molecule has 0 saturated heterocycles. The van der Waals surface area contributed by atoms with Gasteiger partial charge in [-0.1, -0.05) is 201 Å². The van der Waals surface area contributed by atoms with E-state index in [4.69, 9.17) is 23.3 Å². The summed E-state index contributed by atoms with van der Waals surface area (Å²) in [5.74, 6) is -1.57. The normalized spacial score (nSPS) is 14.2. The Morgan fingerprint density at radius 2 is 0.757 bits per heavy atom. The maximum Gasteiger partial charge on any atom is 0.472 e. The summed E-state index contributed by atoms with van der Waals surface area (Å²) in [6.45, 7) is 4.30. The van der Waals surface area contributed by atoms with E-state index in [0.29, 0.717) is 25.7 Å². The Labute approximate surface area is 425 Å². The number of rotatable bonds is 49. The van der Waals surface area contributed by atoms with Gasteiger partial charge < -0.3 is 24.2 Å². The molecule has 0 aromatic rings. The zero-order valence-electron chi connectivity index (χ0n) is 43.9. The summed E-state index contributed by atoms with van der Waals surface area (Å²) in [7, 11) is -4.77. The average molecular weight is 1000 g/mol. The molecule has 0 spiro atoms. The maximum absolute atomic E-state index is 12.9. The molecule has 0 saturated carbocycles. The summed E-state index contributed by atoms with van der Waals surface area (Å²) < 4.78 is 39.3. The van der Waals surface area contributed by atoms with Crippen LogP contribution in [0.4, 0.5) is 0 Å². The number of allylic oxidation sites excluding steroid dienone is 16. The Bertz CT molecular complexity index is 1540. The zero-order valence-corrected chi connectivity index (χ0v) is 44.8. The first-order valence-corrected chi connectivity index (χ1v) is 28.6. The van der Waals surface area contributed by atoms with Gasteiger partial charge in [0.15, 0.2) is 6.10 Å². The second-order valence-corrected chi connectivity index (χ2v) is 19.1. The van der Waals surface area contributed by atoms with E-state index in [0.717, 1.165) is 89.9 Å². The highest BCUT2D eigenvalue weighted by molar-refractivity contribution is 7.47. The lowest BCUT2D eigenvalue weighted by Crippen LogP contribution is -2.30. The molecule has 12 heteroatoms. The van der Waals surface area contributed by atoms with Crippen LogP contribution in [-0.2, 0) is 42.2 Å². The first kappa shape index (κ1) is 66.4. The number of ether oxygens (including phenoxy) is 3. The van der Waals surface area contributed by atoms with Gasteiger partial charge in [-0.3, -0.25) is 23.4 Å².